The van der Waals surface area contributed by atoms with Crippen LogP contribution in [0.25, 0.3) is 0 Å². The number of fused-ring (bicyclic) bond motifs is 1. The molecule has 1 atom stereocenters. The minimum absolute atomic E-state index is 0.0583. The van der Waals surface area contributed by atoms with Gasteiger partial charge in [-0.2, -0.15) is 0 Å². The summed E-state index contributed by atoms with van der Waals surface area (Å²) in [6, 6.07) is 8.37. The normalized spacial score (nSPS) is 19.4. The van der Waals surface area contributed by atoms with Gasteiger partial charge in [0.05, 0.1) is 5.41 Å². The van der Waals surface area contributed by atoms with Crippen molar-refractivity contribution in [2.24, 2.45) is 5.41 Å². The van der Waals surface area contributed by atoms with Gasteiger partial charge in [-0.1, -0.05) is 31.2 Å². The fourth-order valence-corrected chi connectivity index (χ4v) is 2.43. The van der Waals surface area contributed by atoms with Gasteiger partial charge in [0.2, 0.25) is 0 Å². The van der Waals surface area contributed by atoms with Crippen LogP contribution >= 0.6 is 0 Å². The number of hydrogen-bond acceptors (Lipinski definition) is 2. The summed E-state index contributed by atoms with van der Waals surface area (Å²) in [5, 5.41) is 0. The third-order valence-corrected chi connectivity index (χ3v) is 4.25. The molecule has 1 aromatic rings. The Kier molecular flexibility index (Phi) is 4.28. The minimum atomic E-state index is -0.388. The maximum Gasteiger partial charge on any atom is 0.312 e. The summed E-state index contributed by atoms with van der Waals surface area (Å²) in [7, 11) is 0. The molecule has 0 spiro atoms. The number of carbonyl (C=O) groups excluding carboxylic acids is 1. The first kappa shape index (κ1) is 14.1. The highest BCUT2D eigenvalue weighted by Gasteiger charge is 2.31. The SMILES string of the molecule is CCC(C)(C)C(=O)OC1CCCCc2ccccc21. The van der Waals surface area contributed by atoms with Crippen molar-refractivity contribution in [2.45, 2.75) is 59.0 Å². The molecule has 19 heavy (non-hydrogen) atoms. The highest BCUT2D eigenvalue weighted by atomic mass is 16.5. The summed E-state index contributed by atoms with van der Waals surface area (Å²) in [4.78, 5) is 12.3. The van der Waals surface area contributed by atoms with Crippen LogP contribution in [0.15, 0.2) is 24.3 Å². The summed E-state index contributed by atoms with van der Waals surface area (Å²) in [6.07, 6.45) is 5.10. The average Bonchev–Trinajstić information content (AvgIpc) is 2.61. The Morgan fingerprint density at radius 3 is 2.79 bits per heavy atom. The molecule has 1 aliphatic carbocycles. The number of benzene rings is 1. The zero-order valence-electron chi connectivity index (χ0n) is 12.2. The summed E-state index contributed by atoms with van der Waals surface area (Å²) in [5.74, 6) is -0.0725. The summed E-state index contributed by atoms with van der Waals surface area (Å²) in [5.41, 5.74) is 2.16. The Hall–Kier alpha value is -1.31. The highest BCUT2D eigenvalue weighted by molar-refractivity contribution is 5.76. The molecule has 104 valence electrons. The molecule has 0 fully saturated rings. The molecule has 2 rings (SSSR count). The quantitative estimate of drug-likeness (QED) is 0.593. The molecular formula is C17H24O2. The van der Waals surface area contributed by atoms with Crippen molar-refractivity contribution in [1.29, 1.82) is 0 Å². The van der Waals surface area contributed by atoms with Gasteiger partial charge >= 0.3 is 5.97 Å². The lowest BCUT2D eigenvalue weighted by Crippen LogP contribution is -2.27. The van der Waals surface area contributed by atoms with E-state index in [9.17, 15) is 4.79 Å². The van der Waals surface area contributed by atoms with Gasteiger partial charge in [-0.15, -0.1) is 0 Å². The summed E-state index contributed by atoms with van der Waals surface area (Å²) >= 11 is 0. The van der Waals surface area contributed by atoms with E-state index in [0.29, 0.717) is 0 Å². The van der Waals surface area contributed by atoms with Gasteiger partial charge in [-0.05, 0) is 57.1 Å². The maximum atomic E-state index is 12.3. The summed E-state index contributed by atoms with van der Waals surface area (Å²) in [6.45, 7) is 5.94. The Morgan fingerprint density at radius 1 is 1.32 bits per heavy atom. The number of aryl methyl sites for hydroxylation is 1. The second-order valence-corrected chi connectivity index (χ2v) is 6.08. The smallest absolute Gasteiger partial charge is 0.312 e. The van der Waals surface area contributed by atoms with Crippen LogP contribution in [0.1, 0.15) is 63.7 Å². The van der Waals surface area contributed by atoms with Crippen molar-refractivity contribution in [2.75, 3.05) is 0 Å². The Bertz CT molecular complexity index is 448. The molecule has 0 radical (unpaired) electrons. The van der Waals surface area contributed by atoms with Gasteiger partial charge in [0.1, 0.15) is 6.10 Å². The fraction of sp³-hybridized carbons (Fsp3) is 0.588. The molecule has 2 heteroatoms. The standard InChI is InChI=1S/C17H24O2/c1-4-17(2,3)16(18)19-15-12-8-6-10-13-9-5-7-11-14(13)15/h5,7,9,11,15H,4,6,8,10,12H2,1-3H3. The predicted octanol–water partition coefficient (Wildman–Crippen LogP) is 4.43. The molecule has 2 nitrogen and oxygen atoms in total. The van der Waals surface area contributed by atoms with Crippen LogP contribution in [0.5, 0.6) is 0 Å². The molecule has 0 N–H and O–H groups in total. The van der Waals surface area contributed by atoms with Crippen LogP contribution < -0.4 is 0 Å². The van der Waals surface area contributed by atoms with E-state index < -0.39 is 0 Å². The topological polar surface area (TPSA) is 26.3 Å². The first-order chi connectivity index (χ1) is 9.04. The third kappa shape index (κ3) is 3.17. The van der Waals surface area contributed by atoms with E-state index in [1.165, 1.54) is 17.5 Å². The van der Waals surface area contributed by atoms with Gasteiger partial charge in [-0.25, -0.2) is 0 Å². The minimum Gasteiger partial charge on any atom is -0.457 e. The van der Waals surface area contributed by atoms with Gasteiger partial charge in [0.25, 0.3) is 0 Å². The maximum absolute atomic E-state index is 12.3. The number of carbonyl (C=O) groups is 1. The first-order valence-electron chi connectivity index (χ1n) is 7.33. The van der Waals surface area contributed by atoms with E-state index in [-0.39, 0.29) is 17.5 Å². The van der Waals surface area contributed by atoms with E-state index in [1.807, 2.05) is 26.8 Å². The number of esters is 1. The largest absolute Gasteiger partial charge is 0.457 e. The van der Waals surface area contributed by atoms with Gasteiger partial charge < -0.3 is 4.74 Å². The van der Waals surface area contributed by atoms with E-state index in [4.69, 9.17) is 4.74 Å². The van der Waals surface area contributed by atoms with Crippen molar-refractivity contribution in [3.8, 4) is 0 Å². The fourth-order valence-electron chi connectivity index (χ4n) is 2.43. The lowest BCUT2D eigenvalue weighted by atomic mass is 9.90. The Morgan fingerprint density at radius 2 is 2.05 bits per heavy atom. The Balaban J connectivity index is 2.19. The second-order valence-electron chi connectivity index (χ2n) is 6.08. The molecule has 0 saturated carbocycles. The van der Waals surface area contributed by atoms with Gasteiger partial charge in [0.15, 0.2) is 0 Å². The van der Waals surface area contributed by atoms with Crippen LogP contribution in [0.3, 0.4) is 0 Å². The van der Waals surface area contributed by atoms with Crippen LogP contribution in [0.2, 0.25) is 0 Å². The van der Waals surface area contributed by atoms with E-state index in [0.717, 1.165) is 25.7 Å². The van der Waals surface area contributed by atoms with Gasteiger partial charge in [-0.3, -0.25) is 4.79 Å². The number of hydrogen-bond donors (Lipinski definition) is 0. The monoisotopic (exact) mass is 260 g/mol. The lowest BCUT2D eigenvalue weighted by molar-refractivity contribution is -0.160. The van der Waals surface area contributed by atoms with Crippen molar-refractivity contribution in [1.82, 2.24) is 0 Å². The average molecular weight is 260 g/mol. The number of rotatable bonds is 3. The first-order valence-corrected chi connectivity index (χ1v) is 7.33. The highest BCUT2D eigenvalue weighted by Crippen LogP contribution is 2.34. The molecule has 1 aliphatic rings. The van der Waals surface area contributed by atoms with Crippen molar-refractivity contribution >= 4 is 5.97 Å². The Labute approximate surface area is 116 Å². The van der Waals surface area contributed by atoms with Crippen LogP contribution in [-0.4, -0.2) is 5.97 Å². The van der Waals surface area contributed by atoms with Crippen molar-refractivity contribution in [3.63, 3.8) is 0 Å². The molecule has 0 aromatic heterocycles. The lowest BCUT2D eigenvalue weighted by Gasteiger charge is -2.25. The van der Waals surface area contributed by atoms with Crippen LogP contribution in [0.4, 0.5) is 0 Å². The zero-order chi connectivity index (χ0) is 13.9. The molecule has 0 amide bonds. The molecule has 0 heterocycles. The second kappa shape index (κ2) is 5.77. The van der Waals surface area contributed by atoms with E-state index in [1.54, 1.807) is 0 Å². The summed E-state index contributed by atoms with van der Waals surface area (Å²) < 4.78 is 5.81. The molecule has 1 aromatic carbocycles. The molecule has 0 bridgehead atoms. The number of ether oxygens (including phenoxy) is 1. The van der Waals surface area contributed by atoms with Gasteiger partial charge in [0, 0.05) is 0 Å². The zero-order valence-corrected chi connectivity index (χ0v) is 12.2. The predicted molar refractivity (Wildman–Crippen MR) is 76.9 cm³/mol. The van der Waals surface area contributed by atoms with E-state index >= 15 is 0 Å². The van der Waals surface area contributed by atoms with Crippen molar-refractivity contribution < 1.29 is 9.53 Å². The van der Waals surface area contributed by atoms with Crippen LogP contribution in [0, 0.1) is 5.41 Å². The van der Waals surface area contributed by atoms with Crippen LogP contribution in [-0.2, 0) is 16.0 Å². The molecule has 1 unspecified atom stereocenters. The molecular weight excluding hydrogens is 236 g/mol. The van der Waals surface area contributed by atoms with Crippen molar-refractivity contribution in [3.05, 3.63) is 35.4 Å². The third-order valence-electron chi connectivity index (χ3n) is 4.25. The molecule has 0 aliphatic heterocycles. The van der Waals surface area contributed by atoms with E-state index in [2.05, 4.69) is 18.2 Å². The molecule has 0 saturated heterocycles.